The molecule has 2 rings (SSSR count). The smallest absolute Gasteiger partial charge is 0.262 e. The summed E-state index contributed by atoms with van der Waals surface area (Å²) >= 11 is 3.40. The Morgan fingerprint density at radius 3 is 2.59 bits per heavy atom. The van der Waals surface area contributed by atoms with E-state index in [4.69, 9.17) is 14.2 Å². The van der Waals surface area contributed by atoms with E-state index < -0.39 is 5.91 Å². The quantitative estimate of drug-likeness (QED) is 0.343. The molecule has 0 aliphatic carbocycles. The number of rotatable bonds is 9. The van der Waals surface area contributed by atoms with Crippen LogP contribution in [-0.4, -0.2) is 32.3 Å². The van der Waals surface area contributed by atoms with E-state index in [2.05, 4.69) is 21.2 Å². The third-order valence-corrected chi connectivity index (χ3v) is 4.18. The maximum atomic E-state index is 12.0. The number of carbonyl (C=O) groups excluding carboxylic acids is 1. The maximum Gasteiger partial charge on any atom is 0.262 e. The first-order valence-electron chi connectivity index (χ1n) is 9.04. The van der Waals surface area contributed by atoms with Crippen LogP contribution >= 0.6 is 15.9 Å². The number of nitrogens with zero attached hydrogens (tertiary/aromatic N) is 1. The van der Waals surface area contributed by atoms with Gasteiger partial charge in [0.25, 0.3) is 5.91 Å². The zero-order valence-corrected chi connectivity index (χ0v) is 18.2. The summed E-state index contributed by atoms with van der Waals surface area (Å²) < 4.78 is 17.7. The standard InChI is InChI=1S/C22H23BrN2O4/c1-15(2)25-22(26)17(14-24)11-16-7-8-20(21(12-16)27-3)29-10-9-28-19-6-4-5-18(23)13-19/h4-8,11-13,15H,9-10H2,1-3H3,(H,25,26)/b17-11+. The van der Waals surface area contributed by atoms with E-state index in [9.17, 15) is 10.1 Å². The van der Waals surface area contributed by atoms with Gasteiger partial charge in [-0.25, -0.2) is 0 Å². The van der Waals surface area contributed by atoms with Gasteiger partial charge in [-0.05, 0) is 55.8 Å². The molecule has 0 radical (unpaired) electrons. The average Bonchev–Trinajstić information content (AvgIpc) is 2.69. The van der Waals surface area contributed by atoms with Crippen LogP contribution in [-0.2, 0) is 4.79 Å². The fourth-order valence-electron chi connectivity index (χ4n) is 2.42. The Bertz CT molecular complexity index is 919. The molecule has 6 nitrogen and oxygen atoms in total. The van der Waals surface area contributed by atoms with Crippen LogP contribution in [0.4, 0.5) is 0 Å². The van der Waals surface area contributed by atoms with Crippen LogP contribution in [0, 0.1) is 11.3 Å². The molecule has 0 saturated carbocycles. The number of carbonyl (C=O) groups is 1. The number of ether oxygens (including phenoxy) is 3. The molecule has 0 fully saturated rings. The SMILES string of the molecule is COc1cc(/C=C(\C#N)C(=O)NC(C)C)ccc1OCCOc1cccc(Br)c1. The molecular formula is C22H23BrN2O4. The van der Waals surface area contributed by atoms with Crippen LogP contribution in [0.15, 0.2) is 52.5 Å². The van der Waals surface area contributed by atoms with Crippen LogP contribution in [0.5, 0.6) is 17.2 Å². The molecule has 2 aromatic rings. The Hall–Kier alpha value is -2.98. The van der Waals surface area contributed by atoms with E-state index in [-0.39, 0.29) is 11.6 Å². The van der Waals surface area contributed by atoms with Crippen molar-refractivity contribution in [1.82, 2.24) is 5.32 Å². The lowest BCUT2D eigenvalue weighted by Gasteiger charge is -2.12. The highest BCUT2D eigenvalue weighted by Gasteiger charge is 2.11. The van der Waals surface area contributed by atoms with Gasteiger partial charge in [0, 0.05) is 10.5 Å². The van der Waals surface area contributed by atoms with Gasteiger partial charge in [0.05, 0.1) is 7.11 Å². The van der Waals surface area contributed by atoms with Crippen LogP contribution in [0.3, 0.4) is 0 Å². The largest absolute Gasteiger partial charge is 0.493 e. The minimum atomic E-state index is -0.411. The highest BCUT2D eigenvalue weighted by atomic mass is 79.9. The first-order chi connectivity index (χ1) is 13.9. The highest BCUT2D eigenvalue weighted by Crippen LogP contribution is 2.29. The molecule has 29 heavy (non-hydrogen) atoms. The Morgan fingerprint density at radius 1 is 1.17 bits per heavy atom. The van der Waals surface area contributed by atoms with Gasteiger partial charge in [-0.1, -0.05) is 28.1 Å². The second kappa shape index (κ2) is 11.1. The third-order valence-electron chi connectivity index (χ3n) is 3.69. The highest BCUT2D eigenvalue weighted by molar-refractivity contribution is 9.10. The predicted molar refractivity (Wildman–Crippen MR) is 115 cm³/mol. The van der Waals surface area contributed by atoms with Gasteiger partial charge >= 0.3 is 0 Å². The topological polar surface area (TPSA) is 80.6 Å². The van der Waals surface area contributed by atoms with Crippen molar-refractivity contribution in [2.24, 2.45) is 0 Å². The summed E-state index contributed by atoms with van der Waals surface area (Å²) in [6.45, 7) is 4.37. The molecule has 0 aliphatic heterocycles. The molecule has 0 spiro atoms. The van der Waals surface area contributed by atoms with Gasteiger partial charge in [-0.3, -0.25) is 4.79 Å². The molecule has 0 aliphatic rings. The zero-order valence-electron chi connectivity index (χ0n) is 16.6. The Labute approximate surface area is 179 Å². The number of amides is 1. The van der Waals surface area contributed by atoms with Gasteiger partial charge in [0.2, 0.25) is 0 Å². The molecule has 0 unspecified atom stereocenters. The Kier molecular flexibility index (Phi) is 8.56. The van der Waals surface area contributed by atoms with Crippen molar-refractivity contribution < 1.29 is 19.0 Å². The number of nitrogens with one attached hydrogen (secondary N) is 1. The second-order valence-electron chi connectivity index (χ2n) is 6.36. The minimum Gasteiger partial charge on any atom is -0.493 e. The summed E-state index contributed by atoms with van der Waals surface area (Å²) in [4.78, 5) is 12.0. The third kappa shape index (κ3) is 7.16. The number of methoxy groups -OCH3 is 1. The molecule has 0 bridgehead atoms. The van der Waals surface area contributed by atoms with Crippen molar-refractivity contribution in [3.05, 3.63) is 58.1 Å². The Morgan fingerprint density at radius 2 is 1.93 bits per heavy atom. The van der Waals surface area contributed by atoms with Gasteiger partial charge in [0.15, 0.2) is 11.5 Å². The molecule has 0 saturated heterocycles. The van der Waals surface area contributed by atoms with Gasteiger partial charge in [-0.2, -0.15) is 5.26 Å². The second-order valence-corrected chi connectivity index (χ2v) is 7.28. The summed E-state index contributed by atoms with van der Waals surface area (Å²) in [5, 5.41) is 12.0. The monoisotopic (exact) mass is 458 g/mol. The fraction of sp³-hybridized carbons (Fsp3) is 0.273. The molecule has 0 atom stereocenters. The number of hydrogen-bond acceptors (Lipinski definition) is 5. The molecule has 2 aromatic carbocycles. The first-order valence-corrected chi connectivity index (χ1v) is 9.84. The van der Waals surface area contributed by atoms with E-state index in [0.717, 1.165) is 10.2 Å². The molecule has 152 valence electrons. The van der Waals surface area contributed by atoms with Gasteiger partial charge < -0.3 is 19.5 Å². The van der Waals surface area contributed by atoms with Crippen molar-refractivity contribution in [2.45, 2.75) is 19.9 Å². The maximum absolute atomic E-state index is 12.0. The molecule has 1 N–H and O–H groups in total. The zero-order chi connectivity index (χ0) is 21.2. The lowest BCUT2D eigenvalue weighted by molar-refractivity contribution is -0.117. The van der Waals surface area contributed by atoms with E-state index in [0.29, 0.717) is 30.3 Å². The summed E-state index contributed by atoms with van der Waals surface area (Å²) in [7, 11) is 1.53. The fourth-order valence-corrected chi connectivity index (χ4v) is 2.79. The van der Waals surface area contributed by atoms with Crippen molar-refractivity contribution in [3.8, 4) is 23.3 Å². The van der Waals surface area contributed by atoms with Crippen molar-refractivity contribution >= 4 is 27.9 Å². The normalized spacial score (nSPS) is 11.0. The summed E-state index contributed by atoms with van der Waals surface area (Å²) in [6.07, 6.45) is 1.51. The average molecular weight is 459 g/mol. The summed E-state index contributed by atoms with van der Waals surface area (Å²) in [5.74, 6) is 1.39. The summed E-state index contributed by atoms with van der Waals surface area (Å²) in [6, 6.07) is 14.6. The summed E-state index contributed by atoms with van der Waals surface area (Å²) in [5.41, 5.74) is 0.687. The number of nitriles is 1. The number of benzene rings is 2. The molecule has 0 aromatic heterocycles. The van der Waals surface area contributed by atoms with Crippen molar-refractivity contribution in [3.63, 3.8) is 0 Å². The van der Waals surface area contributed by atoms with Crippen LogP contribution in [0.2, 0.25) is 0 Å². The van der Waals surface area contributed by atoms with Gasteiger partial charge in [-0.15, -0.1) is 0 Å². The molecular weight excluding hydrogens is 436 g/mol. The van der Waals surface area contributed by atoms with Crippen LogP contribution < -0.4 is 19.5 Å². The Balaban J connectivity index is 2.01. The van der Waals surface area contributed by atoms with E-state index >= 15 is 0 Å². The number of halogens is 1. The van der Waals surface area contributed by atoms with E-state index in [1.807, 2.05) is 44.2 Å². The van der Waals surface area contributed by atoms with Crippen LogP contribution in [0.25, 0.3) is 6.08 Å². The molecule has 1 amide bonds. The number of hydrogen-bond donors (Lipinski definition) is 1. The van der Waals surface area contributed by atoms with Crippen molar-refractivity contribution in [2.75, 3.05) is 20.3 Å². The lowest BCUT2D eigenvalue weighted by Crippen LogP contribution is -2.30. The van der Waals surface area contributed by atoms with Crippen molar-refractivity contribution in [1.29, 1.82) is 5.26 Å². The van der Waals surface area contributed by atoms with Crippen LogP contribution in [0.1, 0.15) is 19.4 Å². The molecule has 7 heteroatoms. The predicted octanol–water partition coefficient (Wildman–Crippen LogP) is 4.35. The first kappa shape index (κ1) is 22.3. The van der Waals surface area contributed by atoms with Gasteiger partial charge in [0.1, 0.15) is 30.6 Å². The lowest BCUT2D eigenvalue weighted by atomic mass is 10.1. The molecule has 0 heterocycles. The van der Waals surface area contributed by atoms with E-state index in [1.165, 1.54) is 13.2 Å². The van der Waals surface area contributed by atoms with E-state index in [1.54, 1.807) is 18.2 Å². The minimum absolute atomic E-state index is 0.0249.